The lowest BCUT2D eigenvalue weighted by atomic mass is 10.0. The molecule has 1 aliphatic carbocycles. The van der Waals surface area contributed by atoms with Gasteiger partial charge in [-0.15, -0.1) is 0 Å². The van der Waals surface area contributed by atoms with Gasteiger partial charge < -0.3 is 11.1 Å². The number of carbonyl (C=O) groups excluding carboxylic acids is 1. The third kappa shape index (κ3) is 3.10. The lowest BCUT2D eigenvalue weighted by Gasteiger charge is -2.24. The minimum Gasteiger partial charge on any atom is -0.350 e. The molecule has 1 aliphatic rings. The van der Waals surface area contributed by atoms with E-state index in [9.17, 15) is 13.6 Å². The molecular formula is C14H18F2N2O. The lowest BCUT2D eigenvalue weighted by Crippen LogP contribution is -2.49. The Morgan fingerprint density at radius 2 is 2.16 bits per heavy atom. The molecule has 1 aromatic rings. The summed E-state index contributed by atoms with van der Waals surface area (Å²) in [6, 6.07) is 3.34. The third-order valence-electron chi connectivity index (χ3n) is 3.46. The standard InChI is InChI=1S/C14H18F2N2O/c1-14(2,7-17)18-13(19)11-6-9(11)10-5-8(15)3-4-12(10)16/h3-5,9,11H,6-7,17H2,1-2H3,(H,18,19). The van der Waals surface area contributed by atoms with Gasteiger partial charge in [-0.2, -0.15) is 0 Å². The molecule has 104 valence electrons. The maximum Gasteiger partial charge on any atom is 0.224 e. The third-order valence-corrected chi connectivity index (χ3v) is 3.46. The summed E-state index contributed by atoms with van der Waals surface area (Å²) >= 11 is 0. The Kier molecular flexibility index (Phi) is 3.58. The SMILES string of the molecule is CC(C)(CN)NC(=O)C1CC1c1cc(F)ccc1F. The molecule has 19 heavy (non-hydrogen) atoms. The van der Waals surface area contributed by atoms with Crippen LogP contribution in [-0.2, 0) is 4.79 Å². The van der Waals surface area contributed by atoms with E-state index in [0.717, 1.165) is 12.1 Å². The summed E-state index contributed by atoms with van der Waals surface area (Å²) < 4.78 is 26.7. The zero-order valence-electron chi connectivity index (χ0n) is 11.0. The van der Waals surface area contributed by atoms with Crippen LogP contribution < -0.4 is 11.1 Å². The quantitative estimate of drug-likeness (QED) is 0.876. The van der Waals surface area contributed by atoms with Crippen LogP contribution in [0, 0.1) is 17.6 Å². The van der Waals surface area contributed by atoms with Crippen LogP contribution in [0.4, 0.5) is 8.78 Å². The van der Waals surface area contributed by atoms with Crippen LogP contribution >= 0.6 is 0 Å². The van der Waals surface area contributed by atoms with Gasteiger partial charge in [0, 0.05) is 18.0 Å². The van der Waals surface area contributed by atoms with Crippen molar-refractivity contribution < 1.29 is 13.6 Å². The number of benzene rings is 1. The van der Waals surface area contributed by atoms with E-state index in [1.807, 2.05) is 13.8 Å². The van der Waals surface area contributed by atoms with Gasteiger partial charge in [0.25, 0.3) is 0 Å². The highest BCUT2D eigenvalue weighted by molar-refractivity contribution is 5.83. The Morgan fingerprint density at radius 3 is 2.79 bits per heavy atom. The van der Waals surface area contributed by atoms with Crippen LogP contribution in [0.15, 0.2) is 18.2 Å². The van der Waals surface area contributed by atoms with Crippen LogP contribution in [0.1, 0.15) is 31.7 Å². The Hall–Kier alpha value is -1.49. The fourth-order valence-corrected chi connectivity index (χ4v) is 2.10. The monoisotopic (exact) mass is 268 g/mol. The summed E-state index contributed by atoms with van der Waals surface area (Å²) in [7, 11) is 0. The molecule has 2 unspecified atom stereocenters. The number of hydrogen-bond acceptors (Lipinski definition) is 2. The molecule has 0 aliphatic heterocycles. The molecule has 0 heterocycles. The molecule has 1 fully saturated rings. The van der Waals surface area contributed by atoms with E-state index in [4.69, 9.17) is 5.73 Å². The van der Waals surface area contributed by atoms with Gasteiger partial charge in [-0.05, 0) is 49.9 Å². The van der Waals surface area contributed by atoms with E-state index in [-0.39, 0.29) is 23.3 Å². The smallest absolute Gasteiger partial charge is 0.224 e. The fourth-order valence-electron chi connectivity index (χ4n) is 2.10. The summed E-state index contributed by atoms with van der Waals surface area (Å²) in [4.78, 5) is 12.0. The molecule has 1 aromatic carbocycles. The van der Waals surface area contributed by atoms with Crippen LogP contribution in [-0.4, -0.2) is 18.0 Å². The van der Waals surface area contributed by atoms with Crippen LogP contribution in [0.3, 0.4) is 0 Å². The summed E-state index contributed by atoms with van der Waals surface area (Å²) in [5.74, 6) is -1.61. The number of nitrogens with one attached hydrogen (secondary N) is 1. The number of amides is 1. The molecule has 0 saturated heterocycles. The Labute approximate surface area is 111 Å². The maximum atomic E-state index is 13.6. The second-order valence-electron chi connectivity index (χ2n) is 5.69. The highest BCUT2D eigenvalue weighted by atomic mass is 19.1. The molecule has 2 atom stereocenters. The minimum atomic E-state index is -0.482. The van der Waals surface area contributed by atoms with Gasteiger partial charge >= 0.3 is 0 Å². The molecule has 1 amide bonds. The predicted octanol–water partition coefficient (Wildman–Crippen LogP) is 1.92. The van der Waals surface area contributed by atoms with Crippen molar-refractivity contribution in [3.63, 3.8) is 0 Å². The Morgan fingerprint density at radius 1 is 1.47 bits per heavy atom. The molecule has 0 spiro atoms. The van der Waals surface area contributed by atoms with Crippen LogP contribution in [0.2, 0.25) is 0 Å². The lowest BCUT2D eigenvalue weighted by molar-refractivity contribution is -0.123. The largest absolute Gasteiger partial charge is 0.350 e. The van der Waals surface area contributed by atoms with Crippen LogP contribution in [0.5, 0.6) is 0 Å². The summed E-state index contributed by atoms with van der Waals surface area (Å²) in [5.41, 5.74) is 5.34. The minimum absolute atomic E-state index is 0.149. The van der Waals surface area contributed by atoms with E-state index in [1.165, 1.54) is 6.07 Å². The van der Waals surface area contributed by atoms with Gasteiger partial charge in [0.2, 0.25) is 5.91 Å². The molecular weight excluding hydrogens is 250 g/mol. The van der Waals surface area contributed by atoms with Crippen molar-refractivity contribution in [1.29, 1.82) is 0 Å². The van der Waals surface area contributed by atoms with Crippen molar-refractivity contribution in [2.24, 2.45) is 11.7 Å². The first-order valence-corrected chi connectivity index (χ1v) is 6.31. The van der Waals surface area contributed by atoms with E-state index < -0.39 is 17.2 Å². The number of hydrogen-bond donors (Lipinski definition) is 2. The molecule has 3 nitrogen and oxygen atoms in total. The normalized spacial score (nSPS) is 22.2. The van der Waals surface area contributed by atoms with Crippen molar-refractivity contribution in [3.8, 4) is 0 Å². The molecule has 0 aromatic heterocycles. The van der Waals surface area contributed by atoms with Gasteiger partial charge in [0.15, 0.2) is 0 Å². The summed E-state index contributed by atoms with van der Waals surface area (Å²) in [5, 5.41) is 2.82. The van der Waals surface area contributed by atoms with E-state index in [1.54, 1.807) is 0 Å². The second-order valence-corrected chi connectivity index (χ2v) is 5.69. The molecule has 5 heteroatoms. The first-order valence-electron chi connectivity index (χ1n) is 6.31. The van der Waals surface area contributed by atoms with Crippen molar-refractivity contribution in [2.75, 3.05) is 6.54 Å². The van der Waals surface area contributed by atoms with Crippen molar-refractivity contribution in [1.82, 2.24) is 5.32 Å². The van der Waals surface area contributed by atoms with Crippen molar-refractivity contribution in [2.45, 2.75) is 31.7 Å². The molecule has 2 rings (SSSR count). The van der Waals surface area contributed by atoms with Gasteiger partial charge in [-0.25, -0.2) is 8.78 Å². The maximum absolute atomic E-state index is 13.6. The number of halogens is 2. The topological polar surface area (TPSA) is 55.1 Å². The van der Waals surface area contributed by atoms with Crippen LogP contribution in [0.25, 0.3) is 0 Å². The predicted molar refractivity (Wildman–Crippen MR) is 68.5 cm³/mol. The molecule has 1 saturated carbocycles. The number of carbonyl (C=O) groups is 1. The first-order chi connectivity index (χ1) is 8.84. The molecule has 3 N–H and O–H groups in total. The average molecular weight is 268 g/mol. The Bertz CT molecular complexity index is 502. The summed E-state index contributed by atoms with van der Waals surface area (Å²) in [6.45, 7) is 3.97. The Balaban J connectivity index is 2.04. The fraction of sp³-hybridized carbons (Fsp3) is 0.500. The van der Waals surface area contributed by atoms with Gasteiger partial charge in [0.05, 0.1) is 0 Å². The average Bonchev–Trinajstić information content (AvgIpc) is 3.12. The number of rotatable bonds is 4. The van der Waals surface area contributed by atoms with Gasteiger partial charge in [-0.3, -0.25) is 4.79 Å². The highest BCUT2D eigenvalue weighted by Crippen LogP contribution is 2.48. The highest BCUT2D eigenvalue weighted by Gasteiger charge is 2.46. The summed E-state index contributed by atoms with van der Waals surface area (Å²) in [6.07, 6.45) is 0.548. The molecule has 0 bridgehead atoms. The second kappa shape index (κ2) is 4.89. The van der Waals surface area contributed by atoms with Crippen molar-refractivity contribution >= 4 is 5.91 Å². The van der Waals surface area contributed by atoms with Gasteiger partial charge in [0.1, 0.15) is 11.6 Å². The van der Waals surface area contributed by atoms with Gasteiger partial charge in [-0.1, -0.05) is 0 Å². The zero-order valence-corrected chi connectivity index (χ0v) is 11.0. The van der Waals surface area contributed by atoms with Crippen molar-refractivity contribution in [3.05, 3.63) is 35.4 Å². The number of nitrogens with two attached hydrogens (primary N) is 1. The molecule has 0 radical (unpaired) electrons. The van der Waals surface area contributed by atoms with E-state index in [0.29, 0.717) is 13.0 Å². The van der Waals surface area contributed by atoms with E-state index >= 15 is 0 Å². The first kappa shape index (κ1) is 13.9. The zero-order chi connectivity index (χ0) is 14.2. The van der Waals surface area contributed by atoms with E-state index in [2.05, 4.69) is 5.32 Å².